The number of rotatable bonds is 5. The van der Waals surface area contributed by atoms with Gasteiger partial charge in [0.2, 0.25) is 10.0 Å². The molecular weight excluding hydrogens is 406 g/mol. The van der Waals surface area contributed by atoms with E-state index in [1.807, 2.05) is 18.2 Å². The van der Waals surface area contributed by atoms with Gasteiger partial charge in [-0.1, -0.05) is 60.2 Å². The molecule has 31 heavy (non-hydrogen) atoms. The SMILES string of the molecule is COC/C(=C1\c2ccccc2CCc2cc(C)ccc21)c1cccc(NS(C)(=O)=O)c1. The number of sulfonamides is 1. The standard InChI is InChI=1S/C26H27NO3S/c1-18-11-14-24-21(15-18)13-12-19-7-4-5-10-23(19)26(24)25(17-30-2)20-8-6-9-22(16-20)27-31(3,28)29/h4-11,14-16,27H,12-13,17H2,1-3H3/b26-25-. The van der Waals surface area contributed by atoms with Crippen LogP contribution in [0.4, 0.5) is 5.69 Å². The van der Waals surface area contributed by atoms with Gasteiger partial charge in [-0.3, -0.25) is 4.72 Å². The smallest absolute Gasteiger partial charge is 0.229 e. The number of aryl methyl sites for hydroxylation is 3. The molecule has 4 rings (SSSR count). The Morgan fingerprint density at radius 1 is 0.935 bits per heavy atom. The average molecular weight is 434 g/mol. The lowest BCUT2D eigenvalue weighted by Gasteiger charge is -2.19. The molecule has 1 aliphatic carbocycles. The fraction of sp³-hybridized carbons (Fsp3) is 0.231. The molecule has 160 valence electrons. The van der Waals surface area contributed by atoms with Gasteiger partial charge in [-0.15, -0.1) is 0 Å². The van der Waals surface area contributed by atoms with E-state index in [1.165, 1.54) is 27.8 Å². The first-order chi connectivity index (χ1) is 14.9. The largest absolute Gasteiger partial charge is 0.380 e. The summed E-state index contributed by atoms with van der Waals surface area (Å²) in [6.45, 7) is 2.54. The molecule has 0 bridgehead atoms. The van der Waals surface area contributed by atoms with Crippen LogP contribution < -0.4 is 4.72 Å². The van der Waals surface area contributed by atoms with Crippen molar-refractivity contribution in [3.05, 3.63) is 100 Å². The summed E-state index contributed by atoms with van der Waals surface area (Å²) in [5.41, 5.74) is 9.98. The number of methoxy groups -OCH3 is 1. The third-order valence-corrected chi connectivity index (χ3v) is 6.19. The van der Waals surface area contributed by atoms with Crippen LogP contribution in [0, 0.1) is 6.92 Å². The van der Waals surface area contributed by atoms with Gasteiger partial charge in [0.15, 0.2) is 0 Å². The molecule has 4 nitrogen and oxygen atoms in total. The summed E-state index contributed by atoms with van der Waals surface area (Å²) >= 11 is 0. The van der Waals surface area contributed by atoms with E-state index in [4.69, 9.17) is 4.74 Å². The number of benzene rings is 3. The Labute approximate surface area is 184 Å². The Bertz CT molecular complexity index is 1260. The quantitative estimate of drug-likeness (QED) is 0.611. The molecule has 1 aliphatic rings. The summed E-state index contributed by atoms with van der Waals surface area (Å²) in [5.74, 6) is 0. The van der Waals surface area contributed by atoms with E-state index < -0.39 is 10.0 Å². The van der Waals surface area contributed by atoms with Gasteiger partial charge in [0.1, 0.15) is 0 Å². The maximum atomic E-state index is 11.8. The van der Waals surface area contributed by atoms with Crippen molar-refractivity contribution in [3.8, 4) is 0 Å². The molecule has 0 saturated carbocycles. The molecule has 3 aromatic carbocycles. The van der Waals surface area contributed by atoms with Gasteiger partial charge >= 0.3 is 0 Å². The zero-order valence-corrected chi connectivity index (χ0v) is 18.9. The minimum absolute atomic E-state index is 0.416. The monoisotopic (exact) mass is 433 g/mol. The minimum atomic E-state index is -3.36. The van der Waals surface area contributed by atoms with E-state index in [0.29, 0.717) is 12.3 Å². The second kappa shape index (κ2) is 8.69. The predicted octanol–water partition coefficient (Wildman–Crippen LogP) is 5.07. The second-order valence-electron chi connectivity index (χ2n) is 8.06. The number of ether oxygens (including phenoxy) is 1. The summed E-state index contributed by atoms with van der Waals surface area (Å²) in [5, 5.41) is 0. The van der Waals surface area contributed by atoms with Crippen LogP contribution in [0.5, 0.6) is 0 Å². The lowest BCUT2D eigenvalue weighted by atomic mass is 9.87. The molecular formula is C26H27NO3S. The number of hydrogen-bond donors (Lipinski definition) is 1. The summed E-state index contributed by atoms with van der Waals surface area (Å²) in [7, 11) is -1.67. The molecule has 0 saturated heterocycles. The molecule has 0 spiro atoms. The lowest BCUT2D eigenvalue weighted by Crippen LogP contribution is -2.10. The third-order valence-electron chi connectivity index (χ3n) is 5.59. The molecule has 3 aromatic rings. The topological polar surface area (TPSA) is 55.4 Å². The highest BCUT2D eigenvalue weighted by molar-refractivity contribution is 7.92. The Morgan fingerprint density at radius 3 is 2.45 bits per heavy atom. The Balaban J connectivity index is 2.01. The number of anilines is 1. The van der Waals surface area contributed by atoms with Gasteiger partial charge in [-0.05, 0) is 70.9 Å². The fourth-order valence-electron chi connectivity index (χ4n) is 4.32. The number of hydrogen-bond acceptors (Lipinski definition) is 3. The maximum absolute atomic E-state index is 11.8. The predicted molar refractivity (Wildman–Crippen MR) is 128 cm³/mol. The van der Waals surface area contributed by atoms with Gasteiger partial charge in [-0.2, -0.15) is 0 Å². The highest BCUT2D eigenvalue weighted by Gasteiger charge is 2.22. The summed E-state index contributed by atoms with van der Waals surface area (Å²) < 4.78 is 31.8. The van der Waals surface area contributed by atoms with Crippen LogP contribution in [-0.2, 0) is 27.6 Å². The molecule has 0 heterocycles. The third kappa shape index (κ3) is 4.73. The van der Waals surface area contributed by atoms with Gasteiger partial charge in [0, 0.05) is 12.8 Å². The molecule has 5 heteroatoms. The van der Waals surface area contributed by atoms with Crippen LogP contribution in [0.15, 0.2) is 66.7 Å². The van der Waals surface area contributed by atoms with Gasteiger partial charge in [-0.25, -0.2) is 8.42 Å². The number of nitrogens with one attached hydrogen (secondary N) is 1. The Kier molecular flexibility index (Phi) is 5.99. The lowest BCUT2D eigenvalue weighted by molar-refractivity contribution is 0.240. The summed E-state index contributed by atoms with van der Waals surface area (Å²) in [6, 6.07) is 22.7. The summed E-state index contributed by atoms with van der Waals surface area (Å²) in [4.78, 5) is 0. The van der Waals surface area contributed by atoms with Crippen LogP contribution in [0.2, 0.25) is 0 Å². The van der Waals surface area contributed by atoms with Crippen molar-refractivity contribution in [2.45, 2.75) is 19.8 Å². The molecule has 1 N–H and O–H groups in total. The van der Waals surface area contributed by atoms with E-state index in [1.54, 1.807) is 13.2 Å². The van der Waals surface area contributed by atoms with Crippen LogP contribution in [0.25, 0.3) is 11.1 Å². The van der Waals surface area contributed by atoms with E-state index in [9.17, 15) is 8.42 Å². The van der Waals surface area contributed by atoms with Crippen LogP contribution >= 0.6 is 0 Å². The maximum Gasteiger partial charge on any atom is 0.229 e. The second-order valence-corrected chi connectivity index (χ2v) is 9.81. The fourth-order valence-corrected chi connectivity index (χ4v) is 4.88. The minimum Gasteiger partial charge on any atom is -0.380 e. The highest BCUT2D eigenvalue weighted by atomic mass is 32.2. The molecule has 0 aliphatic heterocycles. The molecule has 0 fully saturated rings. The van der Waals surface area contributed by atoms with Crippen molar-refractivity contribution in [1.82, 2.24) is 0 Å². The van der Waals surface area contributed by atoms with Crippen molar-refractivity contribution < 1.29 is 13.2 Å². The molecule has 0 radical (unpaired) electrons. The van der Waals surface area contributed by atoms with E-state index >= 15 is 0 Å². The first-order valence-corrected chi connectivity index (χ1v) is 12.2. The Hall–Kier alpha value is -2.89. The zero-order chi connectivity index (χ0) is 22.0. The molecule has 0 aromatic heterocycles. The van der Waals surface area contributed by atoms with E-state index in [-0.39, 0.29) is 0 Å². The number of fused-ring (bicyclic) bond motifs is 2. The van der Waals surface area contributed by atoms with Gasteiger partial charge < -0.3 is 4.74 Å². The first-order valence-electron chi connectivity index (χ1n) is 10.3. The van der Waals surface area contributed by atoms with Crippen LogP contribution in [-0.4, -0.2) is 28.4 Å². The van der Waals surface area contributed by atoms with Crippen molar-refractivity contribution >= 4 is 26.9 Å². The highest BCUT2D eigenvalue weighted by Crippen LogP contribution is 2.39. The normalized spacial score (nSPS) is 14.9. The van der Waals surface area contributed by atoms with Crippen molar-refractivity contribution in [2.24, 2.45) is 0 Å². The first kappa shape index (κ1) is 21.3. The Morgan fingerprint density at radius 2 is 1.68 bits per heavy atom. The molecule has 0 unspecified atom stereocenters. The summed E-state index contributed by atoms with van der Waals surface area (Å²) in [6.07, 6.45) is 3.12. The zero-order valence-electron chi connectivity index (χ0n) is 18.1. The van der Waals surface area contributed by atoms with Crippen molar-refractivity contribution in [2.75, 3.05) is 24.7 Å². The van der Waals surface area contributed by atoms with Crippen LogP contribution in [0.1, 0.15) is 33.4 Å². The van der Waals surface area contributed by atoms with Gasteiger partial charge in [0.05, 0.1) is 12.9 Å². The van der Waals surface area contributed by atoms with E-state index in [2.05, 4.69) is 54.1 Å². The van der Waals surface area contributed by atoms with Crippen molar-refractivity contribution in [1.29, 1.82) is 0 Å². The van der Waals surface area contributed by atoms with Crippen molar-refractivity contribution in [3.63, 3.8) is 0 Å². The van der Waals surface area contributed by atoms with Crippen LogP contribution in [0.3, 0.4) is 0 Å². The molecule has 0 atom stereocenters. The van der Waals surface area contributed by atoms with E-state index in [0.717, 1.165) is 35.8 Å². The average Bonchev–Trinajstić information content (AvgIpc) is 2.88. The molecule has 0 amide bonds. The van der Waals surface area contributed by atoms with Gasteiger partial charge in [0.25, 0.3) is 0 Å².